The summed E-state index contributed by atoms with van der Waals surface area (Å²) in [5.41, 5.74) is 2.14. The second-order valence-corrected chi connectivity index (χ2v) is 5.36. The van der Waals surface area contributed by atoms with Gasteiger partial charge in [0.05, 0.1) is 25.8 Å². The molecular weight excluding hydrogens is 314 g/mol. The van der Waals surface area contributed by atoms with Crippen molar-refractivity contribution in [3.8, 4) is 17.2 Å². The zero-order valence-corrected chi connectivity index (χ0v) is 14.4. The van der Waals surface area contributed by atoms with Crippen molar-refractivity contribution >= 4 is 11.6 Å². The topological polar surface area (TPSA) is 39.7 Å². The number of methoxy groups -OCH3 is 2. The van der Waals surface area contributed by atoms with Crippen molar-refractivity contribution in [3.05, 3.63) is 52.5 Å². The highest BCUT2D eigenvalue weighted by Crippen LogP contribution is 2.36. The van der Waals surface area contributed by atoms with Gasteiger partial charge in [0, 0.05) is 18.7 Å². The van der Waals surface area contributed by atoms with E-state index in [2.05, 4.69) is 5.32 Å². The smallest absolute Gasteiger partial charge is 0.179 e. The van der Waals surface area contributed by atoms with Gasteiger partial charge in [-0.1, -0.05) is 29.8 Å². The van der Waals surface area contributed by atoms with Crippen LogP contribution in [0.5, 0.6) is 17.2 Å². The van der Waals surface area contributed by atoms with Gasteiger partial charge in [-0.05, 0) is 30.7 Å². The predicted octanol–water partition coefficient (Wildman–Crippen LogP) is 4.05. The van der Waals surface area contributed by atoms with Crippen molar-refractivity contribution < 1.29 is 14.2 Å². The maximum atomic E-state index is 6.28. The van der Waals surface area contributed by atoms with Gasteiger partial charge in [0.15, 0.2) is 11.5 Å². The molecule has 4 nitrogen and oxygen atoms in total. The van der Waals surface area contributed by atoms with Crippen molar-refractivity contribution in [1.29, 1.82) is 0 Å². The van der Waals surface area contributed by atoms with Crippen LogP contribution in [0.25, 0.3) is 0 Å². The van der Waals surface area contributed by atoms with Gasteiger partial charge in [-0.15, -0.1) is 0 Å². The Labute approximate surface area is 142 Å². The van der Waals surface area contributed by atoms with Gasteiger partial charge < -0.3 is 19.5 Å². The van der Waals surface area contributed by atoms with Crippen LogP contribution < -0.4 is 19.5 Å². The standard InChI is InChI=1S/C18H22ClNO3/c1-4-23-18-15(19)9-13(10-17(18)22-3)11-20-12-14-7-5-6-8-16(14)21-2/h5-10,20H,4,11-12H2,1-3H3. The third kappa shape index (κ3) is 4.53. The number of rotatable bonds is 8. The van der Waals surface area contributed by atoms with Gasteiger partial charge in [-0.2, -0.15) is 0 Å². The van der Waals surface area contributed by atoms with E-state index in [4.69, 9.17) is 25.8 Å². The molecular formula is C18H22ClNO3. The fourth-order valence-electron chi connectivity index (χ4n) is 2.35. The lowest BCUT2D eigenvalue weighted by atomic mass is 10.1. The number of para-hydroxylation sites is 1. The summed E-state index contributed by atoms with van der Waals surface area (Å²) >= 11 is 6.28. The molecule has 0 radical (unpaired) electrons. The molecule has 0 aliphatic carbocycles. The predicted molar refractivity (Wildman–Crippen MR) is 92.7 cm³/mol. The lowest BCUT2D eigenvalue weighted by Crippen LogP contribution is -2.13. The van der Waals surface area contributed by atoms with Crippen molar-refractivity contribution in [1.82, 2.24) is 5.32 Å². The first-order valence-corrected chi connectivity index (χ1v) is 7.89. The average Bonchev–Trinajstić information content (AvgIpc) is 2.57. The van der Waals surface area contributed by atoms with Crippen LogP contribution in [0.1, 0.15) is 18.1 Å². The monoisotopic (exact) mass is 335 g/mol. The number of ether oxygens (including phenoxy) is 3. The van der Waals surface area contributed by atoms with Crippen LogP contribution >= 0.6 is 11.6 Å². The van der Waals surface area contributed by atoms with Gasteiger partial charge in [-0.25, -0.2) is 0 Å². The fourth-order valence-corrected chi connectivity index (χ4v) is 2.64. The van der Waals surface area contributed by atoms with Crippen LogP contribution in [0.4, 0.5) is 0 Å². The van der Waals surface area contributed by atoms with Gasteiger partial charge in [-0.3, -0.25) is 0 Å². The Hall–Kier alpha value is -1.91. The van der Waals surface area contributed by atoms with E-state index in [1.807, 2.05) is 43.3 Å². The highest BCUT2D eigenvalue weighted by molar-refractivity contribution is 6.32. The second kappa shape index (κ2) is 8.65. The highest BCUT2D eigenvalue weighted by atomic mass is 35.5. The molecule has 0 heterocycles. The van der Waals surface area contributed by atoms with Crippen LogP contribution in [-0.2, 0) is 13.1 Å². The summed E-state index contributed by atoms with van der Waals surface area (Å²) in [5.74, 6) is 2.11. The Bertz CT molecular complexity index is 646. The van der Waals surface area contributed by atoms with Crippen molar-refractivity contribution in [2.45, 2.75) is 20.0 Å². The quantitative estimate of drug-likeness (QED) is 0.790. The Balaban J connectivity index is 2.04. The minimum Gasteiger partial charge on any atom is -0.496 e. The Kier molecular flexibility index (Phi) is 6.56. The molecule has 23 heavy (non-hydrogen) atoms. The van der Waals surface area contributed by atoms with Crippen LogP contribution in [-0.4, -0.2) is 20.8 Å². The first kappa shape index (κ1) is 17.4. The number of nitrogens with one attached hydrogen (secondary N) is 1. The van der Waals surface area contributed by atoms with Crippen molar-refractivity contribution in [2.75, 3.05) is 20.8 Å². The Morgan fingerprint density at radius 1 is 1.00 bits per heavy atom. The van der Waals surface area contributed by atoms with Crippen LogP contribution in [0, 0.1) is 0 Å². The van der Waals surface area contributed by atoms with Gasteiger partial charge in [0.1, 0.15) is 5.75 Å². The molecule has 0 atom stereocenters. The minimum absolute atomic E-state index is 0.543. The lowest BCUT2D eigenvalue weighted by molar-refractivity contribution is 0.311. The normalized spacial score (nSPS) is 10.4. The Morgan fingerprint density at radius 2 is 1.74 bits per heavy atom. The molecule has 0 saturated carbocycles. The summed E-state index contributed by atoms with van der Waals surface area (Å²) in [4.78, 5) is 0. The molecule has 2 aromatic carbocycles. The van der Waals surface area contributed by atoms with E-state index in [9.17, 15) is 0 Å². The van der Waals surface area contributed by atoms with E-state index in [-0.39, 0.29) is 0 Å². The molecule has 0 aromatic heterocycles. The van der Waals surface area contributed by atoms with E-state index >= 15 is 0 Å². The van der Waals surface area contributed by atoms with E-state index in [1.54, 1.807) is 14.2 Å². The molecule has 1 N–H and O–H groups in total. The molecule has 2 aromatic rings. The van der Waals surface area contributed by atoms with Gasteiger partial charge in [0.25, 0.3) is 0 Å². The molecule has 0 saturated heterocycles. The van der Waals surface area contributed by atoms with Crippen molar-refractivity contribution in [3.63, 3.8) is 0 Å². The summed E-state index contributed by atoms with van der Waals surface area (Å²) in [6.07, 6.45) is 0. The number of hydrogen-bond acceptors (Lipinski definition) is 4. The largest absolute Gasteiger partial charge is 0.496 e. The lowest BCUT2D eigenvalue weighted by Gasteiger charge is -2.14. The van der Waals surface area contributed by atoms with Crippen LogP contribution in [0.2, 0.25) is 5.02 Å². The molecule has 0 aliphatic rings. The average molecular weight is 336 g/mol. The van der Waals surface area contributed by atoms with Crippen LogP contribution in [0.15, 0.2) is 36.4 Å². The zero-order chi connectivity index (χ0) is 16.7. The molecule has 0 bridgehead atoms. The van der Waals surface area contributed by atoms with E-state index in [1.165, 1.54) is 0 Å². The third-order valence-electron chi connectivity index (χ3n) is 3.42. The number of halogens is 1. The van der Waals surface area contributed by atoms with Crippen LogP contribution in [0.3, 0.4) is 0 Å². The number of hydrogen-bond donors (Lipinski definition) is 1. The molecule has 0 aliphatic heterocycles. The molecule has 0 amide bonds. The molecule has 0 fully saturated rings. The molecule has 5 heteroatoms. The van der Waals surface area contributed by atoms with Gasteiger partial charge >= 0.3 is 0 Å². The fraction of sp³-hybridized carbons (Fsp3) is 0.333. The minimum atomic E-state index is 0.543. The summed E-state index contributed by atoms with van der Waals surface area (Å²) < 4.78 is 16.2. The molecule has 2 rings (SSSR count). The van der Waals surface area contributed by atoms with Crippen molar-refractivity contribution in [2.24, 2.45) is 0 Å². The highest BCUT2D eigenvalue weighted by Gasteiger charge is 2.11. The summed E-state index contributed by atoms with van der Waals surface area (Å²) in [5, 5.41) is 3.94. The zero-order valence-electron chi connectivity index (χ0n) is 13.7. The second-order valence-electron chi connectivity index (χ2n) is 4.96. The first-order chi connectivity index (χ1) is 11.2. The maximum absolute atomic E-state index is 6.28. The van der Waals surface area contributed by atoms with E-state index < -0.39 is 0 Å². The molecule has 124 valence electrons. The molecule has 0 unspecified atom stereocenters. The van der Waals surface area contributed by atoms with E-state index in [0.29, 0.717) is 36.2 Å². The summed E-state index contributed by atoms with van der Waals surface area (Å²) in [6.45, 7) is 3.83. The first-order valence-electron chi connectivity index (χ1n) is 7.51. The number of benzene rings is 2. The van der Waals surface area contributed by atoms with Gasteiger partial charge in [0.2, 0.25) is 0 Å². The third-order valence-corrected chi connectivity index (χ3v) is 3.70. The Morgan fingerprint density at radius 3 is 2.43 bits per heavy atom. The summed E-state index contributed by atoms with van der Waals surface area (Å²) in [7, 11) is 3.29. The van der Waals surface area contributed by atoms with E-state index in [0.717, 1.165) is 16.9 Å². The summed E-state index contributed by atoms with van der Waals surface area (Å²) in [6, 6.07) is 11.8. The maximum Gasteiger partial charge on any atom is 0.179 e. The SMILES string of the molecule is CCOc1c(Cl)cc(CNCc2ccccc2OC)cc1OC. The molecule has 0 spiro atoms.